The number of anilines is 1. The Morgan fingerprint density at radius 2 is 2.00 bits per heavy atom. The van der Waals surface area contributed by atoms with Gasteiger partial charge in [0.25, 0.3) is 0 Å². The summed E-state index contributed by atoms with van der Waals surface area (Å²) in [5, 5.41) is 9.13. The first kappa shape index (κ1) is 12.4. The van der Waals surface area contributed by atoms with Gasteiger partial charge in [-0.25, -0.2) is 5.84 Å². The van der Waals surface area contributed by atoms with Gasteiger partial charge in [0.05, 0.1) is 6.61 Å². The van der Waals surface area contributed by atoms with E-state index in [2.05, 4.69) is 31.6 Å². The fraction of sp³-hybridized carbons (Fsp3) is 0.200. The topological polar surface area (TPSA) is 73.1 Å². The number of nitrogens with two attached hydrogens (primary N) is 1. The van der Waals surface area contributed by atoms with E-state index in [1.165, 1.54) is 11.3 Å². The lowest BCUT2D eigenvalue weighted by Crippen LogP contribution is -2.05. The van der Waals surface area contributed by atoms with Crippen LogP contribution in [0, 0.1) is 0 Å². The molecule has 0 aliphatic heterocycles. The largest absolute Gasteiger partial charge is 0.370 e. The molecule has 2 rings (SSSR count). The number of nitrogen functional groups attached to an aromatic ring is 1. The summed E-state index contributed by atoms with van der Waals surface area (Å²) < 4.78 is 6.59. The summed E-state index contributed by atoms with van der Waals surface area (Å²) in [6.07, 6.45) is 0. The maximum atomic E-state index is 5.53. The number of nitrogens with zero attached hydrogens (tertiary/aromatic N) is 2. The van der Waals surface area contributed by atoms with Crippen LogP contribution >= 0.6 is 27.3 Å². The summed E-state index contributed by atoms with van der Waals surface area (Å²) in [4.78, 5) is 0. The van der Waals surface area contributed by atoms with E-state index in [9.17, 15) is 0 Å². The van der Waals surface area contributed by atoms with Crippen LogP contribution in [0.25, 0.3) is 0 Å². The Balaban J connectivity index is 1.81. The van der Waals surface area contributed by atoms with Gasteiger partial charge in [0.2, 0.25) is 5.13 Å². The summed E-state index contributed by atoms with van der Waals surface area (Å²) >= 11 is 4.76. The number of benzene rings is 1. The molecule has 0 amide bonds. The number of hydrazine groups is 1. The van der Waals surface area contributed by atoms with Gasteiger partial charge in [-0.3, -0.25) is 5.43 Å². The Labute approximate surface area is 111 Å². The average molecular weight is 315 g/mol. The predicted molar refractivity (Wildman–Crippen MR) is 70.4 cm³/mol. The maximum Gasteiger partial charge on any atom is 0.219 e. The molecule has 90 valence electrons. The standard InChI is InChI=1S/C10H11BrN4OS/c11-8-3-1-7(2-4-8)5-16-6-9-14-15-10(13-12)17-9/h1-4H,5-6,12H2,(H,13,15). The molecule has 0 atom stereocenters. The molecule has 7 heteroatoms. The minimum atomic E-state index is 0.440. The van der Waals surface area contributed by atoms with Crippen LogP contribution in [0.3, 0.4) is 0 Å². The van der Waals surface area contributed by atoms with Crippen molar-refractivity contribution in [1.29, 1.82) is 0 Å². The van der Waals surface area contributed by atoms with E-state index < -0.39 is 0 Å². The fourth-order valence-corrected chi connectivity index (χ4v) is 2.06. The van der Waals surface area contributed by atoms with Gasteiger partial charge in [0.15, 0.2) is 0 Å². The molecule has 1 aromatic heterocycles. The van der Waals surface area contributed by atoms with E-state index in [1.807, 2.05) is 24.3 Å². The van der Waals surface area contributed by atoms with E-state index >= 15 is 0 Å². The normalized spacial score (nSPS) is 10.5. The van der Waals surface area contributed by atoms with Gasteiger partial charge in [-0.1, -0.05) is 39.4 Å². The minimum Gasteiger partial charge on any atom is -0.370 e. The fourth-order valence-electron chi connectivity index (χ4n) is 1.21. The molecule has 17 heavy (non-hydrogen) atoms. The zero-order chi connectivity index (χ0) is 12.1. The lowest BCUT2D eigenvalue weighted by Gasteiger charge is -2.01. The summed E-state index contributed by atoms with van der Waals surface area (Å²) in [5.41, 5.74) is 3.57. The van der Waals surface area contributed by atoms with Gasteiger partial charge < -0.3 is 4.74 Å². The second-order valence-electron chi connectivity index (χ2n) is 3.26. The third kappa shape index (κ3) is 3.74. The molecule has 1 heterocycles. The summed E-state index contributed by atoms with van der Waals surface area (Å²) in [6, 6.07) is 7.99. The lowest BCUT2D eigenvalue weighted by molar-refractivity contribution is 0.106. The Hall–Kier alpha value is -1.02. The molecular formula is C10H11BrN4OS. The van der Waals surface area contributed by atoms with Crippen molar-refractivity contribution in [2.45, 2.75) is 13.2 Å². The number of ether oxygens (including phenoxy) is 1. The molecule has 1 aromatic carbocycles. The van der Waals surface area contributed by atoms with E-state index in [4.69, 9.17) is 10.6 Å². The smallest absolute Gasteiger partial charge is 0.219 e. The van der Waals surface area contributed by atoms with E-state index in [0.29, 0.717) is 18.3 Å². The van der Waals surface area contributed by atoms with Gasteiger partial charge in [0, 0.05) is 4.47 Å². The second kappa shape index (κ2) is 6.06. The molecule has 0 saturated carbocycles. The Morgan fingerprint density at radius 3 is 2.65 bits per heavy atom. The highest BCUT2D eigenvalue weighted by molar-refractivity contribution is 9.10. The molecule has 0 bridgehead atoms. The van der Waals surface area contributed by atoms with E-state index in [-0.39, 0.29) is 0 Å². The van der Waals surface area contributed by atoms with Gasteiger partial charge >= 0.3 is 0 Å². The highest BCUT2D eigenvalue weighted by Gasteiger charge is 2.02. The highest BCUT2D eigenvalue weighted by Crippen LogP contribution is 2.16. The van der Waals surface area contributed by atoms with Crippen molar-refractivity contribution >= 4 is 32.4 Å². The van der Waals surface area contributed by atoms with Gasteiger partial charge in [-0.15, -0.1) is 10.2 Å². The van der Waals surface area contributed by atoms with Crippen LogP contribution in [0.5, 0.6) is 0 Å². The molecule has 0 radical (unpaired) electrons. The van der Waals surface area contributed by atoms with E-state index in [1.54, 1.807) is 0 Å². The number of rotatable bonds is 5. The van der Waals surface area contributed by atoms with Gasteiger partial charge in [0.1, 0.15) is 11.6 Å². The monoisotopic (exact) mass is 314 g/mol. The molecule has 5 nitrogen and oxygen atoms in total. The Kier molecular flexibility index (Phi) is 4.43. The Bertz CT molecular complexity index is 473. The summed E-state index contributed by atoms with van der Waals surface area (Å²) in [6.45, 7) is 0.994. The van der Waals surface area contributed by atoms with Crippen LogP contribution in [0.15, 0.2) is 28.7 Å². The van der Waals surface area contributed by atoms with Crippen molar-refractivity contribution < 1.29 is 4.74 Å². The van der Waals surface area contributed by atoms with Crippen LogP contribution in [0.4, 0.5) is 5.13 Å². The van der Waals surface area contributed by atoms with Crippen molar-refractivity contribution in [1.82, 2.24) is 10.2 Å². The predicted octanol–water partition coefficient (Wildman–Crippen LogP) is 2.30. The Morgan fingerprint density at radius 1 is 1.24 bits per heavy atom. The van der Waals surface area contributed by atoms with Crippen molar-refractivity contribution in [3.05, 3.63) is 39.3 Å². The van der Waals surface area contributed by atoms with Crippen molar-refractivity contribution in [2.24, 2.45) is 5.84 Å². The molecule has 0 saturated heterocycles. The van der Waals surface area contributed by atoms with Crippen LogP contribution in [0.1, 0.15) is 10.6 Å². The molecule has 0 unspecified atom stereocenters. The van der Waals surface area contributed by atoms with Crippen LogP contribution < -0.4 is 11.3 Å². The minimum absolute atomic E-state index is 0.440. The molecule has 0 fully saturated rings. The highest BCUT2D eigenvalue weighted by atomic mass is 79.9. The molecule has 2 aromatic rings. The average Bonchev–Trinajstić information content (AvgIpc) is 2.80. The first-order valence-electron chi connectivity index (χ1n) is 4.89. The second-order valence-corrected chi connectivity index (χ2v) is 5.24. The number of hydrogen-bond acceptors (Lipinski definition) is 6. The lowest BCUT2D eigenvalue weighted by atomic mass is 10.2. The molecule has 0 aliphatic carbocycles. The molecule has 3 N–H and O–H groups in total. The molecular weight excluding hydrogens is 304 g/mol. The third-order valence-corrected chi connectivity index (χ3v) is 3.35. The van der Waals surface area contributed by atoms with Gasteiger partial charge in [-0.2, -0.15) is 0 Å². The number of halogens is 1. The molecule has 0 spiro atoms. The summed E-state index contributed by atoms with van der Waals surface area (Å²) in [7, 11) is 0. The SMILES string of the molecule is NNc1nnc(COCc2ccc(Br)cc2)s1. The van der Waals surface area contributed by atoms with Gasteiger partial charge in [-0.05, 0) is 17.7 Å². The summed E-state index contributed by atoms with van der Waals surface area (Å²) in [5.74, 6) is 5.21. The third-order valence-electron chi connectivity index (χ3n) is 2.00. The zero-order valence-corrected chi connectivity index (χ0v) is 11.3. The van der Waals surface area contributed by atoms with E-state index in [0.717, 1.165) is 15.0 Å². The quantitative estimate of drug-likeness (QED) is 0.654. The first-order valence-corrected chi connectivity index (χ1v) is 6.50. The maximum absolute atomic E-state index is 5.53. The first-order chi connectivity index (χ1) is 8.28. The van der Waals surface area contributed by atoms with Crippen LogP contribution in [0.2, 0.25) is 0 Å². The number of nitrogens with one attached hydrogen (secondary N) is 1. The van der Waals surface area contributed by atoms with Crippen molar-refractivity contribution in [3.63, 3.8) is 0 Å². The van der Waals surface area contributed by atoms with Crippen LogP contribution in [-0.4, -0.2) is 10.2 Å². The zero-order valence-electron chi connectivity index (χ0n) is 8.89. The number of aromatic nitrogens is 2. The molecule has 0 aliphatic rings. The van der Waals surface area contributed by atoms with Crippen molar-refractivity contribution in [2.75, 3.05) is 5.43 Å². The van der Waals surface area contributed by atoms with Crippen LogP contribution in [-0.2, 0) is 18.0 Å². The number of hydrogen-bond donors (Lipinski definition) is 2. The van der Waals surface area contributed by atoms with Crippen molar-refractivity contribution in [3.8, 4) is 0 Å².